The van der Waals surface area contributed by atoms with Crippen LogP contribution >= 0.6 is 11.8 Å². The first-order valence-electron chi connectivity index (χ1n) is 12.2. The highest BCUT2D eigenvalue weighted by Gasteiger charge is 2.36. The Bertz CT molecular complexity index is 1340. The highest BCUT2D eigenvalue weighted by molar-refractivity contribution is 8.18. The van der Waals surface area contributed by atoms with E-state index in [0.717, 1.165) is 59.3 Å². The van der Waals surface area contributed by atoms with Gasteiger partial charge in [0.25, 0.3) is 11.1 Å². The number of hydrogen-bond acceptors (Lipinski definition) is 5. The van der Waals surface area contributed by atoms with Crippen LogP contribution in [0.25, 0.3) is 16.8 Å². The van der Waals surface area contributed by atoms with Gasteiger partial charge < -0.3 is 9.84 Å². The number of carbonyl (C=O) groups is 3. The van der Waals surface area contributed by atoms with Crippen molar-refractivity contribution in [2.75, 3.05) is 6.54 Å². The summed E-state index contributed by atoms with van der Waals surface area (Å²) in [4.78, 5) is 38.9. The van der Waals surface area contributed by atoms with Crippen LogP contribution in [0.1, 0.15) is 53.6 Å². The van der Waals surface area contributed by atoms with Gasteiger partial charge in [-0.2, -0.15) is 0 Å². The van der Waals surface area contributed by atoms with Crippen molar-refractivity contribution in [1.29, 1.82) is 0 Å². The molecule has 36 heavy (non-hydrogen) atoms. The summed E-state index contributed by atoms with van der Waals surface area (Å²) in [6.45, 7) is 0.732. The highest BCUT2D eigenvalue weighted by atomic mass is 32.2. The fourth-order valence-electron chi connectivity index (χ4n) is 4.87. The minimum atomic E-state index is -0.975. The summed E-state index contributed by atoms with van der Waals surface area (Å²) >= 11 is 0.989. The molecule has 1 saturated carbocycles. The lowest BCUT2D eigenvalue weighted by Crippen LogP contribution is -2.34. The van der Waals surface area contributed by atoms with Crippen molar-refractivity contribution >= 4 is 45.7 Å². The highest BCUT2D eigenvalue weighted by Crippen LogP contribution is 2.38. The molecule has 0 unspecified atom stereocenters. The number of carboxylic acids is 1. The van der Waals surface area contributed by atoms with Crippen LogP contribution in [0.2, 0.25) is 0 Å². The molecule has 1 aliphatic heterocycles. The van der Waals surface area contributed by atoms with E-state index in [4.69, 9.17) is 9.84 Å². The second-order valence-corrected chi connectivity index (χ2v) is 10.3. The number of thioether (sulfide) groups is 1. The standard InChI is InChI=1S/C29H27NO5S/c31-27-26(36-29(34)30(27)17-19-6-2-1-3-7-19)16-24-23-9-5-4-8-21(23)14-15-25(24)35-18-20-10-12-22(13-11-20)28(32)33/h4-5,8-16,19H,1-3,6-7,17-18H2,(H,32,33)/b26-16+. The summed E-state index contributed by atoms with van der Waals surface area (Å²) < 4.78 is 6.14. The number of carbonyl (C=O) groups excluding carboxylic acids is 2. The van der Waals surface area contributed by atoms with E-state index in [2.05, 4.69) is 0 Å². The molecule has 3 aromatic rings. The van der Waals surface area contributed by atoms with Crippen LogP contribution in [0.3, 0.4) is 0 Å². The molecule has 184 valence electrons. The van der Waals surface area contributed by atoms with Crippen LogP contribution in [0, 0.1) is 5.92 Å². The van der Waals surface area contributed by atoms with E-state index in [1.807, 2.05) is 36.4 Å². The van der Waals surface area contributed by atoms with Gasteiger partial charge in [0.1, 0.15) is 12.4 Å². The topological polar surface area (TPSA) is 83.9 Å². The van der Waals surface area contributed by atoms with Gasteiger partial charge in [-0.25, -0.2) is 4.79 Å². The van der Waals surface area contributed by atoms with Crippen LogP contribution in [0.5, 0.6) is 5.75 Å². The Morgan fingerprint density at radius 1 is 1.00 bits per heavy atom. The molecule has 7 heteroatoms. The second-order valence-electron chi connectivity index (χ2n) is 9.29. The number of rotatable bonds is 7. The Labute approximate surface area is 213 Å². The van der Waals surface area contributed by atoms with E-state index >= 15 is 0 Å². The van der Waals surface area contributed by atoms with Gasteiger partial charge in [-0.05, 0) is 71.1 Å². The molecule has 1 N–H and O–H groups in total. The van der Waals surface area contributed by atoms with Crippen LogP contribution in [-0.2, 0) is 11.4 Å². The van der Waals surface area contributed by atoms with E-state index in [-0.39, 0.29) is 23.3 Å². The lowest BCUT2D eigenvalue weighted by atomic mass is 9.89. The normalized spacial score (nSPS) is 17.8. The zero-order valence-electron chi connectivity index (χ0n) is 19.8. The van der Waals surface area contributed by atoms with Crippen molar-refractivity contribution in [2.45, 2.75) is 38.7 Å². The number of amides is 2. The van der Waals surface area contributed by atoms with E-state index in [1.54, 1.807) is 30.3 Å². The molecule has 0 bridgehead atoms. The average Bonchev–Trinajstić information content (AvgIpc) is 3.16. The van der Waals surface area contributed by atoms with Crippen LogP contribution in [-0.4, -0.2) is 33.7 Å². The molecule has 2 fully saturated rings. The van der Waals surface area contributed by atoms with Crippen molar-refractivity contribution < 1.29 is 24.2 Å². The Morgan fingerprint density at radius 2 is 1.75 bits per heavy atom. The van der Waals surface area contributed by atoms with E-state index < -0.39 is 5.97 Å². The summed E-state index contributed by atoms with van der Waals surface area (Å²) in [5.41, 5.74) is 1.79. The Hall–Kier alpha value is -3.58. The van der Waals surface area contributed by atoms with E-state index in [0.29, 0.717) is 23.1 Å². The number of fused-ring (bicyclic) bond motifs is 1. The van der Waals surface area contributed by atoms with Crippen LogP contribution in [0.15, 0.2) is 65.6 Å². The van der Waals surface area contributed by atoms with Gasteiger partial charge in [0, 0.05) is 12.1 Å². The predicted octanol–water partition coefficient (Wildman–Crippen LogP) is 6.73. The maximum absolute atomic E-state index is 13.2. The number of imide groups is 1. The molecular formula is C29H27NO5S. The molecule has 0 spiro atoms. The zero-order chi connectivity index (χ0) is 25.1. The van der Waals surface area contributed by atoms with Gasteiger partial charge in [0.05, 0.1) is 10.5 Å². The maximum Gasteiger partial charge on any atom is 0.335 e. The van der Waals surface area contributed by atoms with E-state index in [1.165, 1.54) is 11.3 Å². The van der Waals surface area contributed by atoms with Crippen molar-refractivity contribution in [2.24, 2.45) is 5.92 Å². The molecule has 1 aliphatic carbocycles. The molecule has 0 atom stereocenters. The number of aromatic carboxylic acids is 1. The molecule has 3 aromatic carbocycles. The quantitative estimate of drug-likeness (QED) is 0.361. The third kappa shape index (κ3) is 5.16. The Morgan fingerprint density at radius 3 is 2.50 bits per heavy atom. The Balaban J connectivity index is 1.42. The monoisotopic (exact) mass is 501 g/mol. The summed E-state index contributed by atoms with van der Waals surface area (Å²) in [6.07, 6.45) is 7.45. The minimum absolute atomic E-state index is 0.210. The number of nitrogens with zero attached hydrogens (tertiary/aromatic N) is 1. The van der Waals surface area contributed by atoms with Gasteiger partial charge >= 0.3 is 5.97 Å². The first-order valence-corrected chi connectivity index (χ1v) is 13.0. The lowest BCUT2D eigenvalue weighted by molar-refractivity contribution is -0.123. The molecule has 6 nitrogen and oxygen atoms in total. The van der Waals surface area contributed by atoms with Crippen LogP contribution < -0.4 is 4.74 Å². The fraction of sp³-hybridized carbons (Fsp3) is 0.276. The SMILES string of the molecule is O=C(O)c1ccc(COc2ccc3ccccc3c2/C=C2/SC(=O)N(CC3CCCCC3)C2=O)cc1. The van der Waals surface area contributed by atoms with Gasteiger partial charge in [0.15, 0.2) is 0 Å². The van der Waals surface area contributed by atoms with Crippen LogP contribution in [0.4, 0.5) is 4.79 Å². The van der Waals surface area contributed by atoms with Crippen molar-refractivity contribution in [3.8, 4) is 5.75 Å². The first kappa shape index (κ1) is 24.1. The molecular weight excluding hydrogens is 474 g/mol. The number of carboxylic acid groups (broad SMARTS) is 1. The summed E-state index contributed by atoms with van der Waals surface area (Å²) in [7, 11) is 0. The summed E-state index contributed by atoms with van der Waals surface area (Å²) in [5, 5.41) is 10.8. The Kier molecular flexibility index (Phi) is 7.09. The van der Waals surface area contributed by atoms with Gasteiger partial charge in [0.2, 0.25) is 0 Å². The first-order chi connectivity index (χ1) is 17.5. The minimum Gasteiger partial charge on any atom is -0.488 e. The smallest absolute Gasteiger partial charge is 0.335 e. The second kappa shape index (κ2) is 10.6. The molecule has 0 aromatic heterocycles. The van der Waals surface area contributed by atoms with Gasteiger partial charge in [-0.1, -0.05) is 61.7 Å². The fourth-order valence-corrected chi connectivity index (χ4v) is 5.70. The van der Waals surface area contributed by atoms with Gasteiger partial charge in [-0.3, -0.25) is 14.5 Å². The molecule has 2 aliphatic rings. The van der Waals surface area contributed by atoms with Crippen molar-refractivity contribution in [1.82, 2.24) is 4.90 Å². The van der Waals surface area contributed by atoms with Gasteiger partial charge in [-0.15, -0.1) is 0 Å². The maximum atomic E-state index is 13.2. The summed E-state index contributed by atoms with van der Waals surface area (Å²) in [6, 6.07) is 18.2. The van der Waals surface area contributed by atoms with Crippen molar-refractivity contribution in [3.63, 3.8) is 0 Å². The zero-order valence-corrected chi connectivity index (χ0v) is 20.6. The lowest BCUT2D eigenvalue weighted by Gasteiger charge is -2.25. The summed E-state index contributed by atoms with van der Waals surface area (Å²) in [5.74, 6) is -0.235. The van der Waals surface area contributed by atoms with E-state index in [9.17, 15) is 14.4 Å². The molecule has 1 saturated heterocycles. The molecule has 5 rings (SSSR count). The third-order valence-electron chi connectivity index (χ3n) is 6.84. The molecule has 1 heterocycles. The third-order valence-corrected chi connectivity index (χ3v) is 7.75. The predicted molar refractivity (Wildman–Crippen MR) is 141 cm³/mol. The number of hydrogen-bond donors (Lipinski definition) is 1. The largest absolute Gasteiger partial charge is 0.488 e. The number of benzene rings is 3. The van der Waals surface area contributed by atoms with Crippen molar-refractivity contribution in [3.05, 3.63) is 82.3 Å². The molecule has 2 amide bonds. The average molecular weight is 502 g/mol. The number of ether oxygens (including phenoxy) is 1. The molecule has 0 radical (unpaired) electrons.